The van der Waals surface area contributed by atoms with Gasteiger partial charge in [-0.3, -0.25) is 4.79 Å². The number of amides is 2. The minimum absolute atomic E-state index is 0.0997. The van der Waals surface area contributed by atoms with Crippen molar-refractivity contribution >= 4 is 12.0 Å². The van der Waals surface area contributed by atoms with Crippen LogP contribution in [0.4, 0.5) is 4.79 Å². The van der Waals surface area contributed by atoms with Gasteiger partial charge in [-0.15, -0.1) is 0 Å². The molecule has 1 heterocycles. The molecule has 0 aromatic carbocycles. The first-order chi connectivity index (χ1) is 9.93. The number of aromatic nitrogens is 2. The van der Waals surface area contributed by atoms with Gasteiger partial charge in [0, 0.05) is 26.4 Å². The molecular formula is C13H22N4O4. The van der Waals surface area contributed by atoms with E-state index in [0.717, 1.165) is 0 Å². The van der Waals surface area contributed by atoms with Gasteiger partial charge in [0.1, 0.15) is 0 Å². The predicted molar refractivity (Wildman–Crippen MR) is 74.8 cm³/mol. The predicted octanol–water partition coefficient (Wildman–Crippen LogP) is 1.11. The average molecular weight is 298 g/mol. The van der Waals surface area contributed by atoms with E-state index in [1.807, 2.05) is 0 Å². The Balaban J connectivity index is 2.34. The van der Waals surface area contributed by atoms with Gasteiger partial charge in [-0.2, -0.15) is 4.98 Å². The summed E-state index contributed by atoms with van der Waals surface area (Å²) in [5, 5.41) is 18.2. The Hall–Kier alpha value is -2.12. The first kappa shape index (κ1) is 16.9. The zero-order chi connectivity index (χ0) is 15.9. The van der Waals surface area contributed by atoms with E-state index in [0.29, 0.717) is 37.5 Å². The van der Waals surface area contributed by atoms with Crippen molar-refractivity contribution < 1.29 is 19.2 Å². The lowest BCUT2D eigenvalue weighted by atomic mass is 9.82. The Morgan fingerprint density at radius 3 is 2.43 bits per heavy atom. The number of hydrogen-bond acceptors (Lipinski definition) is 5. The number of carboxylic acid groups (broad SMARTS) is 1. The molecule has 0 aliphatic rings. The van der Waals surface area contributed by atoms with Gasteiger partial charge in [0.05, 0.1) is 5.41 Å². The number of hydrogen-bond donors (Lipinski definition) is 3. The largest absolute Gasteiger partial charge is 0.481 e. The fraction of sp³-hybridized carbons (Fsp3) is 0.692. The molecule has 0 spiro atoms. The number of aryl methyl sites for hydroxylation is 1. The Kier molecular flexibility index (Phi) is 6.13. The number of aliphatic carboxylic acids is 1. The lowest BCUT2D eigenvalue weighted by molar-refractivity contribution is -0.149. The Morgan fingerprint density at radius 1 is 1.29 bits per heavy atom. The van der Waals surface area contributed by atoms with Gasteiger partial charge in [-0.05, 0) is 12.8 Å². The van der Waals surface area contributed by atoms with Gasteiger partial charge in [0.25, 0.3) is 0 Å². The maximum atomic E-state index is 11.7. The number of carbonyl (C=O) groups is 2. The van der Waals surface area contributed by atoms with Crippen LogP contribution >= 0.6 is 0 Å². The van der Waals surface area contributed by atoms with Crippen LogP contribution in [0.1, 0.15) is 38.4 Å². The number of nitrogens with zero attached hydrogens (tertiary/aromatic N) is 2. The lowest BCUT2D eigenvalue weighted by Crippen LogP contribution is -2.46. The van der Waals surface area contributed by atoms with Gasteiger partial charge in [-0.1, -0.05) is 19.0 Å². The second-order valence-electron chi connectivity index (χ2n) is 4.88. The molecule has 0 fully saturated rings. The highest BCUT2D eigenvalue weighted by atomic mass is 16.5. The topological polar surface area (TPSA) is 117 Å². The second-order valence-corrected chi connectivity index (χ2v) is 4.88. The molecule has 0 radical (unpaired) electrons. The van der Waals surface area contributed by atoms with E-state index < -0.39 is 17.4 Å². The zero-order valence-corrected chi connectivity index (χ0v) is 12.6. The first-order valence-electron chi connectivity index (χ1n) is 6.97. The van der Waals surface area contributed by atoms with Crippen LogP contribution in [0.5, 0.6) is 0 Å². The molecule has 0 atom stereocenters. The third-order valence-electron chi connectivity index (χ3n) is 3.60. The molecule has 1 rings (SSSR count). The smallest absolute Gasteiger partial charge is 0.314 e. The van der Waals surface area contributed by atoms with Crippen LogP contribution in [-0.2, 0) is 11.2 Å². The first-order valence-corrected chi connectivity index (χ1v) is 6.97. The molecule has 118 valence electrons. The van der Waals surface area contributed by atoms with Crippen LogP contribution in [0.25, 0.3) is 0 Å². The van der Waals surface area contributed by atoms with Crippen molar-refractivity contribution in [1.82, 2.24) is 20.8 Å². The maximum absolute atomic E-state index is 11.7. The van der Waals surface area contributed by atoms with E-state index in [1.54, 1.807) is 20.8 Å². The van der Waals surface area contributed by atoms with Gasteiger partial charge >= 0.3 is 12.0 Å². The number of carboxylic acids is 1. The molecule has 0 saturated carbocycles. The minimum atomic E-state index is -0.915. The van der Waals surface area contributed by atoms with Gasteiger partial charge in [-0.25, -0.2) is 4.79 Å². The van der Waals surface area contributed by atoms with Crippen molar-refractivity contribution in [2.45, 2.75) is 40.0 Å². The molecule has 8 nitrogen and oxygen atoms in total. The van der Waals surface area contributed by atoms with E-state index in [1.165, 1.54) is 0 Å². The summed E-state index contributed by atoms with van der Waals surface area (Å²) in [6.07, 6.45) is 1.37. The number of urea groups is 1. The van der Waals surface area contributed by atoms with E-state index >= 15 is 0 Å². The summed E-state index contributed by atoms with van der Waals surface area (Å²) in [7, 11) is 0. The van der Waals surface area contributed by atoms with Crippen molar-refractivity contribution in [1.29, 1.82) is 0 Å². The van der Waals surface area contributed by atoms with Crippen LogP contribution in [-0.4, -0.2) is 40.3 Å². The SMILES string of the molecule is CCC(CC)(CNC(=O)NCCc1noc(C)n1)C(=O)O. The molecule has 0 saturated heterocycles. The Bertz CT molecular complexity index is 482. The highest BCUT2D eigenvalue weighted by molar-refractivity contribution is 5.78. The zero-order valence-electron chi connectivity index (χ0n) is 12.6. The van der Waals surface area contributed by atoms with Crippen molar-refractivity contribution in [3.05, 3.63) is 11.7 Å². The summed E-state index contributed by atoms with van der Waals surface area (Å²) in [5.74, 6) is 0.108. The van der Waals surface area contributed by atoms with Crippen LogP contribution in [0, 0.1) is 12.3 Å². The van der Waals surface area contributed by atoms with Crippen LogP contribution in [0.2, 0.25) is 0 Å². The van der Waals surface area contributed by atoms with E-state index in [-0.39, 0.29) is 6.54 Å². The molecule has 21 heavy (non-hydrogen) atoms. The fourth-order valence-electron chi connectivity index (χ4n) is 1.92. The Labute approximate surface area is 123 Å². The molecule has 0 unspecified atom stereocenters. The summed E-state index contributed by atoms with van der Waals surface area (Å²) in [6, 6.07) is -0.400. The highest BCUT2D eigenvalue weighted by Crippen LogP contribution is 2.25. The molecular weight excluding hydrogens is 276 g/mol. The molecule has 1 aromatic rings. The van der Waals surface area contributed by atoms with E-state index in [2.05, 4.69) is 20.8 Å². The summed E-state index contributed by atoms with van der Waals surface area (Å²) >= 11 is 0. The molecule has 2 amide bonds. The van der Waals surface area contributed by atoms with E-state index in [4.69, 9.17) is 4.52 Å². The summed E-state index contributed by atoms with van der Waals surface area (Å²) < 4.78 is 4.81. The van der Waals surface area contributed by atoms with Crippen molar-refractivity contribution in [2.24, 2.45) is 5.41 Å². The van der Waals surface area contributed by atoms with Gasteiger partial charge < -0.3 is 20.3 Å². The van der Waals surface area contributed by atoms with Crippen molar-refractivity contribution in [3.8, 4) is 0 Å². The lowest BCUT2D eigenvalue weighted by Gasteiger charge is -2.26. The van der Waals surface area contributed by atoms with Crippen molar-refractivity contribution in [2.75, 3.05) is 13.1 Å². The average Bonchev–Trinajstić information content (AvgIpc) is 2.86. The number of carbonyl (C=O) groups excluding carboxylic acids is 1. The molecule has 3 N–H and O–H groups in total. The molecule has 0 bridgehead atoms. The van der Waals surface area contributed by atoms with Crippen LogP contribution < -0.4 is 10.6 Å². The number of rotatable bonds is 8. The standard InChI is InChI=1S/C13H22N4O4/c1-4-13(5-2,11(18)19)8-15-12(20)14-7-6-10-16-9(3)21-17-10/h4-8H2,1-3H3,(H,18,19)(H2,14,15,20). The number of nitrogens with one attached hydrogen (secondary N) is 2. The third-order valence-corrected chi connectivity index (χ3v) is 3.60. The quantitative estimate of drug-likeness (QED) is 0.661. The molecule has 0 aliphatic carbocycles. The maximum Gasteiger partial charge on any atom is 0.314 e. The fourth-order valence-corrected chi connectivity index (χ4v) is 1.92. The van der Waals surface area contributed by atoms with Crippen LogP contribution in [0.3, 0.4) is 0 Å². The van der Waals surface area contributed by atoms with Crippen molar-refractivity contribution in [3.63, 3.8) is 0 Å². The third kappa shape index (κ3) is 4.73. The normalized spacial score (nSPS) is 11.2. The monoisotopic (exact) mass is 298 g/mol. The summed E-state index contributed by atoms with van der Waals surface area (Å²) in [4.78, 5) is 27.0. The molecule has 0 aliphatic heterocycles. The second kappa shape index (κ2) is 7.61. The minimum Gasteiger partial charge on any atom is -0.481 e. The van der Waals surface area contributed by atoms with Gasteiger partial charge in [0.15, 0.2) is 5.82 Å². The van der Waals surface area contributed by atoms with Crippen LogP contribution in [0.15, 0.2) is 4.52 Å². The molecule has 1 aromatic heterocycles. The highest BCUT2D eigenvalue weighted by Gasteiger charge is 2.35. The van der Waals surface area contributed by atoms with E-state index in [9.17, 15) is 14.7 Å². The molecule has 8 heteroatoms. The van der Waals surface area contributed by atoms with Gasteiger partial charge in [0.2, 0.25) is 5.89 Å². The Morgan fingerprint density at radius 2 is 1.95 bits per heavy atom. The summed E-state index contributed by atoms with van der Waals surface area (Å²) in [6.45, 7) is 5.74. The summed E-state index contributed by atoms with van der Waals surface area (Å²) in [5.41, 5.74) is -0.915.